The molecule has 2 heterocycles. The number of nitrogens with one attached hydrogen (secondary N) is 1. The lowest BCUT2D eigenvalue weighted by molar-refractivity contribution is 0.0907. The van der Waals surface area contributed by atoms with Crippen LogP contribution in [0.1, 0.15) is 29.3 Å². The second-order valence-corrected chi connectivity index (χ2v) is 5.40. The molecule has 0 saturated carbocycles. The molecule has 0 bridgehead atoms. The lowest BCUT2D eigenvalue weighted by Gasteiger charge is -2.23. The summed E-state index contributed by atoms with van der Waals surface area (Å²) >= 11 is 2.93. The predicted molar refractivity (Wildman–Crippen MR) is 64.7 cm³/mol. The zero-order chi connectivity index (χ0) is 11.6. The summed E-state index contributed by atoms with van der Waals surface area (Å²) in [5.41, 5.74) is 1.63. The Kier molecular flexibility index (Phi) is 3.02. The van der Waals surface area contributed by atoms with Gasteiger partial charge in [-0.1, -0.05) is 0 Å². The number of hydrogen-bond acceptors (Lipinski definition) is 5. The Labute approximate surface area is 101 Å². The standard InChI is InChI=1S/C10H11N3OS2/c1-10(2,9-11-3-4-16-9)13-8(14)7-5-15-6-12-7/h3-6H,1-2H3,(H,13,14). The van der Waals surface area contributed by atoms with Crippen LogP contribution in [0, 0.1) is 0 Å². The van der Waals surface area contributed by atoms with Crippen LogP contribution in [0.4, 0.5) is 0 Å². The van der Waals surface area contributed by atoms with Gasteiger partial charge >= 0.3 is 0 Å². The Bertz CT molecular complexity index is 462. The molecular weight excluding hydrogens is 242 g/mol. The van der Waals surface area contributed by atoms with E-state index in [9.17, 15) is 4.79 Å². The number of thiazole rings is 2. The Morgan fingerprint density at radius 2 is 2.25 bits per heavy atom. The van der Waals surface area contributed by atoms with Crippen molar-refractivity contribution < 1.29 is 4.79 Å². The molecule has 4 nitrogen and oxygen atoms in total. The highest BCUT2D eigenvalue weighted by Crippen LogP contribution is 2.22. The molecule has 6 heteroatoms. The number of aromatic nitrogens is 2. The fourth-order valence-electron chi connectivity index (χ4n) is 1.26. The van der Waals surface area contributed by atoms with Crippen LogP contribution in [-0.4, -0.2) is 15.9 Å². The molecule has 0 aliphatic heterocycles. The lowest BCUT2D eigenvalue weighted by atomic mass is 10.1. The first-order valence-electron chi connectivity index (χ1n) is 4.70. The molecule has 1 N–H and O–H groups in total. The summed E-state index contributed by atoms with van der Waals surface area (Å²) in [7, 11) is 0. The van der Waals surface area contributed by atoms with Crippen molar-refractivity contribution in [1.82, 2.24) is 15.3 Å². The highest BCUT2D eigenvalue weighted by atomic mass is 32.1. The molecule has 0 atom stereocenters. The molecular formula is C10H11N3OS2. The van der Waals surface area contributed by atoms with E-state index in [-0.39, 0.29) is 5.91 Å². The summed E-state index contributed by atoms with van der Waals surface area (Å²) in [6.07, 6.45) is 1.73. The van der Waals surface area contributed by atoms with Gasteiger partial charge in [-0.05, 0) is 13.8 Å². The van der Waals surface area contributed by atoms with E-state index in [1.807, 2.05) is 19.2 Å². The highest BCUT2D eigenvalue weighted by molar-refractivity contribution is 7.09. The van der Waals surface area contributed by atoms with Crippen molar-refractivity contribution in [1.29, 1.82) is 0 Å². The van der Waals surface area contributed by atoms with Crippen molar-refractivity contribution in [3.63, 3.8) is 0 Å². The molecule has 0 saturated heterocycles. The summed E-state index contributed by atoms with van der Waals surface area (Å²) in [6.45, 7) is 3.85. The van der Waals surface area contributed by atoms with Crippen molar-refractivity contribution >= 4 is 28.6 Å². The Hall–Kier alpha value is -1.27. The molecule has 0 aromatic carbocycles. The fourth-order valence-corrected chi connectivity index (χ4v) is 2.51. The minimum Gasteiger partial charge on any atom is -0.339 e. The van der Waals surface area contributed by atoms with Crippen LogP contribution in [0.25, 0.3) is 0 Å². The van der Waals surface area contributed by atoms with Gasteiger partial charge in [0, 0.05) is 17.0 Å². The Balaban J connectivity index is 2.13. The number of amides is 1. The molecule has 0 spiro atoms. The van der Waals surface area contributed by atoms with Crippen LogP contribution in [0.3, 0.4) is 0 Å². The summed E-state index contributed by atoms with van der Waals surface area (Å²) in [4.78, 5) is 20.0. The van der Waals surface area contributed by atoms with Crippen molar-refractivity contribution in [3.05, 3.63) is 33.2 Å². The van der Waals surface area contributed by atoms with Gasteiger partial charge in [0.15, 0.2) is 0 Å². The number of nitrogens with zero attached hydrogens (tertiary/aromatic N) is 2. The second-order valence-electron chi connectivity index (χ2n) is 3.79. The molecule has 0 aliphatic carbocycles. The SMILES string of the molecule is CC(C)(NC(=O)c1cscn1)c1nccs1. The van der Waals surface area contributed by atoms with E-state index in [2.05, 4.69) is 15.3 Å². The van der Waals surface area contributed by atoms with Crippen LogP contribution in [0.15, 0.2) is 22.5 Å². The first kappa shape index (κ1) is 11.2. The van der Waals surface area contributed by atoms with Gasteiger partial charge in [0.05, 0.1) is 11.0 Å². The minimum absolute atomic E-state index is 0.165. The first-order valence-corrected chi connectivity index (χ1v) is 6.52. The third-order valence-electron chi connectivity index (χ3n) is 2.06. The summed E-state index contributed by atoms with van der Waals surface area (Å²) in [6, 6.07) is 0. The zero-order valence-electron chi connectivity index (χ0n) is 8.93. The maximum Gasteiger partial charge on any atom is 0.271 e. The summed E-state index contributed by atoms with van der Waals surface area (Å²) in [5.74, 6) is -0.165. The van der Waals surface area contributed by atoms with E-state index in [1.54, 1.807) is 17.1 Å². The fraction of sp³-hybridized carbons (Fsp3) is 0.300. The van der Waals surface area contributed by atoms with Crippen LogP contribution < -0.4 is 5.32 Å². The van der Waals surface area contributed by atoms with Gasteiger partial charge in [-0.15, -0.1) is 22.7 Å². The van der Waals surface area contributed by atoms with Crippen molar-refractivity contribution in [2.45, 2.75) is 19.4 Å². The molecule has 2 aromatic heterocycles. The molecule has 16 heavy (non-hydrogen) atoms. The van der Waals surface area contributed by atoms with Gasteiger partial charge in [-0.25, -0.2) is 9.97 Å². The van der Waals surface area contributed by atoms with E-state index in [4.69, 9.17) is 0 Å². The van der Waals surface area contributed by atoms with E-state index in [1.165, 1.54) is 22.7 Å². The molecule has 2 aromatic rings. The Morgan fingerprint density at radius 1 is 1.44 bits per heavy atom. The third kappa shape index (κ3) is 2.28. The van der Waals surface area contributed by atoms with Gasteiger partial charge in [-0.3, -0.25) is 4.79 Å². The maximum atomic E-state index is 11.8. The van der Waals surface area contributed by atoms with Gasteiger partial charge in [0.1, 0.15) is 10.7 Å². The van der Waals surface area contributed by atoms with Crippen molar-refractivity contribution in [2.24, 2.45) is 0 Å². The minimum atomic E-state index is -0.463. The topological polar surface area (TPSA) is 54.9 Å². The molecule has 0 fully saturated rings. The Morgan fingerprint density at radius 3 is 2.81 bits per heavy atom. The monoisotopic (exact) mass is 253 g/mol. The third-order valence-corrected chi connectivity index (χ3v) is 3.74. The zero-order valence-corrected chi connectivity index (χ0v) is 10.6. The van der Waals surface area contributed by atoms with E-state index >= 15 is 0 Å². The smallest absolute Gasteiger partial charge is 0.271 e. The number of rotatable bonds is 3. The second kappa shape index (κ2) is 4.31. The van der Waals surface area contributed by atoms with E-state index in [0.29, 0.717) is 5.69 Å². The summed E-state index contributed by atoms with van der Waals surface area (Å²) < 4.78 is 0. The number of carbonyl (C=O) groups excluding carboxylic acids is 1. The van der Waals surface area contributed by atoms with Crippen LogP contribution in [-0.2, 0) is 5.54 Å². The van der Waals surface area contributed by atoms with Crippen LogP contribution in [0.2, 0.25) is 0 Å². The number of hydrogen-bond donors (Lipinski definition) is 1. The average molecular weight is 253 g/mol. The molecule has 84 valence electrons. The van der Waals surface area contributed by atoms with Gasteiger partial charge in [-0.2, -0.15) is 0 Å². The van der Waals surface area contributed by atoms with Crippen LogP contribution in [0.5, 0.6) is 0 Å². The maximum absolute atomic E-state index is 11.8. The van der Waals surface area contributed by atoms with Gasteiger partial charge < -0.3 is 5.32 Å². The van der Waals surface area contributed by atoms with Gasteiger partial charge in [0.25, 0.3) is 5.91 Å². The average Bonchev–Trinajstić information content (AvgIpc) is 2.91. The normalized spacial score (nSPS) is 11.4. The van der Waals surface area contributed by atoms with Crippen molar-refractivity contribution in [2.75, 3.05) is 0 Å². The number of carbonyl (C=O) groups is 1. The quantitative estimate of drug-likeness (QED) is 0.913. The molecule has 0 radical (unpaired) electrons. The molecule has 2 rings (SSSR count). The van der Waals surface area contributed by atoms with E-state index < -0.39 is 5.54 Å². The van der Waals surface area contributed by atoms with E-state index in [0.717, 1.165) is 5.01 Å². The first-order chi connectivity index (χ1) is 7.59. The van der Waals surface area contributed by atoms with Crippen molar-refractivity contribution in [3.8, 4) is 0 Å². The largest absolute Gasteiger partial charge is 0.339 e. The predicted octanol–water partition coefficient (Wildman–Crippen LogP) is 2.26. The lowest BCUT2D eigenvalue weighted by Crippen LogP contribution is -2.41. The molecule has 0 aliphatic rings. The highest BCUT2D eigenvalue weighted by Gasteiger charge is 2.26. The molecule has 0 unspecified atom stereocenters. The summed E-state index contributed by atoms with van der Waals surface area (Å²) in [5, 5.41) is 7.42. The molecule has 1 amide bonds. The van der Waals surface area contributed by atoms with Gasteiger partial charge in [0.2, 0.25) is 0 Å². The van der Waals surface area contributed by atoms with Crippen LogP contribution >= 0.6 is 22.7 Å².